The molecular formula is C42H46F4N8O5. The van der Waals surface area contributed by atoms with Crippen molar-refractivity contribution >= 4 is 51.0 Å². The molecule has 0 spiro atoms. The third kappa shape index (κ3) is 7.91. The fourth-order valence-corrected chi connectivity index (χ4v) is 9.20. The first-order valence-electron chi connectivity index (χ1n) is 19.9. The number of carbonyl (C=O) groups is 3. The Kier molecular flexibility index (Phi) is 10.7. The molecule has 1 aliphatic carbocycles. The summed E-state index contributed by atoms with van der Waals surface area (Å²) in [6.45, 7) is 2.63. The summed E-state index contributed by atoms with van der Waals surface area (Å²) in [5.41, 5.74) is 1.31. The first-order chi connectivity index (χ1) is 28.2. The molecule has 2 saturated heterocycles. The van der Waals surface area contributed by atoms with Crippen LogP contribution in [0.5, 0.6) is 5.75 Å². The summed E-state index contributed by atoms with van der Waals surface area (Å²) in [6, 6.07) is 10.7. The Morgan fingerprint density at radius 3 is 2.44 bits per heavy atom. The smallest absolute Gasteiger partial charge is 0.416 e. The van der Waals surface area contributed by atoms with Gasteiger partial charge in [0.25, 0.3) is 5.91 Å². The molecule has 5 aromatic rings. The van der Waals surface area contributed by atoms with Crippen LogP contribution in [0.15, 0.2) is 59.5 Å². The first-order valence-corrected chi connectivity index (χ1v) is 19.9. The van der Waals surface area contributed by atoms with Gasteiger partial charge < -0.3 is 19.9 Å². The molecule has 3 aliphatic rings. The number of imidazole rings is 1. The van der Waals surface area contributed by atoms with Crippen LogP contribution in [0.1, 0.15) is 79.4 Å². The number of piperidine rings is 2. The Bertz CT molecular complexity index is 2490. The molecule has 59 heavy (non-hydrogen) atoms. The molecule has 3 aromatic carbocycles. The van der Waals surface area contributed by atoms with Crippen molar-refractivity contribution in [3.05, 3.63) is 82.2 Å². The molecule has 312 valence electrons. The van der Waals surface area contributed by atoms with Crippen molar-refractivity contribution < 1.29 is 36.7 Å². The average molecular weight is 819 g/mol. The maximum absolute atomic E-state index is 14.0. The molecule has 0 bridgehead atoms. The number of aryl methyl sites for hydroxylation is 1. The Morgan fingerprint density at radius 1 is 1.00 bits per heavy atom. The maximum atomic E-state index is 14.0. The highest BCUT2D eigenvalue weighted by Crippen LogP contribution is 2.37. The Morgan fingerprint density at radius 2 is 1.75 bits per heavy atom. The molecule has 17 heteroatoms. The van der Waals surface area contributed by atoms with Gasteiger partial charge in [0, 0.05) is 62.4 Å². The minimum absolute atomic E-state index is 0.174. The molecule has 1 saturated carbocycles. The minimum Gasteiger partial charge on any atom is -0.494 e. The number of benzene rings is 3. The molecule has 0 radical (unpaired) electrons. The number of rotatable bonds is 9. The molecule has 13 nitrogen and oxygen atoms in total. The topological polar surface area (TPSA) is 136 Å². The number of hydrogen-bond donors (Lipinski definition) is 2. The average Bonchev–Trinajstić information content (AvgIpc) is 3.74. The van der Waals surface area contributed by atoms with Gasteiger partial charge >= 0.3 is 11.9 Å². The molecule has 2 aliphatic heterocycles. The van der Waals surface area contributed by atoms with Crippen LogP contribution in [0.2, 0.25) is 0 Å². The predicted molar refractivity (Wildman–Crippen MR) is 213 cm³/mol. The maximum Gasteiger partial charge on any atom is 0.416 e. The fraction of sp³-hybridized carbons (Fsp3) is 0.452. The second-order valence-electron chi connectivity index (χ2n) is 16.1. The van der Waals surface area contributed by atoms with E-state index in [0.717, 1.165) is 80.8 Å². The Hall–Kier alpha value is -5.71. The summed E-state index contributed by atoms with van der Waals surface area (Å²) in [5.74, 6) is -2.04. The number of imide groups is 1. The molecule has 1 atom stereocenters. The number of methoxy groups -OCH3 is 1. The number of alkyl halides is 3. The number of ether oxygens (including phenoxy) is 1. The van der Waals surface area contributed by atoms with E-state index >= 15 is 0 Å². The standard InChI is InChI=1S/C42H46F4N8O5/c1-50(29-13-15-52(16-14-29)33-5-4-6-34-38(33)51(2)41(58)54(34)35-11-12-37(55)48-40(35)57)22-24-7-9-30(10-8-24)53-23-26-19-32(36(59-3)21-31(26)49-53)47-39(56)25-17-27(42(44,45)46)20-28(43)18-25/h4-6,17-21,23-24,29-30,35H,7-16,22H2,1-3H3,(H,47,56)(H,48,55,57)/t24-,30-,35?. The molecule has 2 aromatic heterocycles. The van der Waals surface area contributed by atoms with Gasteiger partial charge in [0.1, 0.15) is 17.6 Å². The van der Waals surface area contributed by atoms with Gasteiger partial charge in [0.2, 0.25) is 11.8 Å². The molecule has 3 fully saturated rings. The van der Waals surface area contributed by atoms with Gasteiger partial charge in [-0.1, -0.05) is 6.07 Å². The van der Waals surface area contributed by atoms with E-state index in [2.05, 4.69) is 27.5 Å². The van der Waals surface area contributed by atoms with E-state index in [0.29, 0.717) is 35.1 Å². The lowest BCUT2D eigenvalue weighted by molar-refractivity contribution is -0.138. The zero-order chi connectivity index (χ0) is 41.7. The zero-order valence-corrected chi connectivity index (χ0v) is 33.0. The van der Waals surface area contributed by atoms with Crippen molar-refractivity contribution in [2.24, 2.45) is 13.0 Å². The highest BCUT2D eigenvalue weighted by molar-refractivity contribution is 6.06. The molecule has 4 heterocycles. The third-order valence-electron chi connectivity index (χ3n) is 12.3. The molecular weight excluding hydrogens is 773 g/mol. The first kappa shape index (κ1) is 40.1. The largest absolute Gasteiger partial charge is 0.494 e. The summed E-state index contributed by atoms with van der Waals surface area (Å²) in [5, 5.41) is 10.5. The van der Waals surface area contributed by atoms with Crippen molar-refractivity contribution in [2.45, 2.75) is 75.7 Å². The highest BCUT2D eigenvalue weighted by atomic mass is 19.4. The van der Waals surface area contributed by atoms with E-state index < -0.39 is 41.0 Å². The number of nitrogens with one attached hydrogen (secondary N) is 2. The van der Waals surface area contributed by atoms with Crippen LogP contribution >= 0.6 is 0 Å². The van der Waals surface area contributed by atoms with E-state index in [4.69, 9.17) is 9.84 Å². The predicted octanol–water partition coefficient (Wildman–Crippen LogP) is 6.42. The number of amides is 3. The van der Waals surface area contributed by atoms with Crippen LogP contribution in [-0.4, -0.2) is 81.4 Å². The number of nitrogens with zero attached hydrogens (tertiary/aromatic N) is 6. The number of halogens is 4. The quantitative estimate of drug-likeness (QED) is 0.129. The van der Waals surface area contributed by atoms with Crippen molar-refractivity contribution in [3.63, 3.8) is 0 Å². The van der Waals surface area contributed by atoms with Crippen LogP contribution < -0.4 is 26.0 Å². The molecule has 8 rings (SSSR count). The van der Waals surface area contributed by atoms with Gasteiger partial charge in [-0.25, -0.2) is 9.18 Å². The zero-order valence-electron chi connectivity index (χ0n) is 33.0. The number of anilines is 2. The van der Waals surface area contributed by atoms with E-state index in [-0.39, 0.29) is 41.9 Å². The van der Waals surface area contributed by atoms with Gasteiger partial charge in [-0.2, -0.15) is 18.3 Å². The number of para-hydroxylation sites is 1. The number of aromatic nitrogens is 4. The second kappa shape index (κ2) is 15.8. The van der Waals surface area contributed by atoms with Crippen molar-refractivity contribution in [1.82, 2.24) is 29.1 Å². The summed E-state index contributed by atoms with van der Waals surface area (Å²) in [4.78, 5) is 55.7. The summed E-state index contributed by atoms with van der Waals surface area (Å²) in [6.07, 6.45) is 3.44. The van der Waals surface area contributed by atoms with Crippen LogP contribution in [-0.2, 0) is 22.8 Å². The van der Waals surface area contributed by atoms with Gasteiger partial charge in [0.05, 0.1) is 46.6 Å². The van der Waals surface area contributed by atoms with E-state index in [9.17, 15) is 36.7 Å². The van der Waals surface area contributed by atoms with Crippen LogP contribution in [0, 0.1) is 11.7 Å². The summed E-state index contributed by atoms with van der Waals surface area (Å²) < 4.78 is 64.3. The van der Waals surface area contributed by atoms with Crippen molar-refractivity contribution in [1.29, 1.82) is 0 Å². The lowest BCUT2D eigenvalue weighted by Crippen LogP contribution is -2.45. The molecule has 1 unspecified atom stereocenters. The van der Waals surface area contributed by atoms with E-state index in [1.807, 2.05) is 29.1 Å². The molecule has 3 amide bonds. The minimum atomic E-state index is -4.81. The fourth-order valence-electron chi connectivity index (χ4n) is 9.20. The van der Waals surface area contributed by atoms with Gasteiger partial charge in [0.15, 0.2) is 0 Å². The summed E-state index contributed by atoms with van der Waals surface area (Å²) in [7, 11) is 5.34. The second-order valence-corrected chi connectivity index (χ2v) is 16.1. The lowest BCUT2D eigenvalue weighted by Gasteiger charge is -2.40. The Balaban J connectivity index is 0.869. The van der Waals surface area contributed by atoms with Gasteiger partial charge in [-0.3, -0.25) is 33.5 Å². The number of hydrogen-bond acceptors (Lipinski definition) is 8. The Labute approximate surface area is 336 Å². The normalized spacial score (nSPS) is 20.7. The summed E-state index contributed by atoms with van der Waals surface area (Å²) >= 11 is 0. The lowest BCUT2D eigenvalue weighted by atomic mass is 9.85. The molecule has 2 N–H and O–H groups in total. The van der Waals surface area contributed by atoms with E-state index in [1.165, 1.54) is 11.7 Å². The number of carbonyl (C=O) groups excluding carboxylic acids is 3. The van der Waals surface area contributed by atoms with Crippen LogP contribution in [0.3, 0.4) is 0 Å². The van der Waals surface area contributed by atoms with Crippen molar-refractivity contribution in [2.75, 3.05) is 44.0 Å². The van der Waals surface area contributed by atoms with Gasteiger partial charge in [-0.15, -0.1) is 0 Å². The number of fused-ring (bicyclic) bond motifs is 2. The van der Waals surface area contributed by atoms with Crippen LogP contribution in [0.25, 0.3) is 21.9 Å². The third-order valence-corrected chi connectivity index (χ3v) is 12.3. The highest BCUT2D eigenvalue weighted by Gasteiger charge is 2.34. The van der Waals surface area contributed by atoms with Crippen LogP contribution in [0.4, 0.5) is 28.9 Å². The van der Waals surface area contributed by atoms with E-state index in [1.54, 1.807) is 23.7 Å². The SMILES string of the molecule is COc1cc2nn([C@H]3CC[C@H](CN(C)C4CCN(c5cccc6c5n(C)c(=O)n6C5CCC(=O)NC5=O)CC4)CC3)cc2cc1NC(=O)c1cc(F)cc(C(F)(F)F)c1. The van der Waals surface area contributed by atoms with Crippen molar-refractivity contribution in [3.8, 4) is 5.75 Å². The monoisotopic (exact) mass is 818 g/mol. The van der Waals surface area contributed by atoms with Gasteiger partial charge in [-0.05, 0) is 94.3 Å².